The number of anilines is 2. The van der Waals surface area contributed by atoms with E-state index in [2.05, 4.69) is 0 Å². The fourth-order valence-electron chi connectivity index (χ4n) is 2.24. The molecule has 0 radical (unpaired) electrons. The Morgan fingerprint density at radius 3 is 2.75 bits per heavy atom. The average molecular weight is 298 g/mol. The number of aliphatic hydroxyl groups excluding tert-OH is 1. The van der Waals surface area contributed by atoms with Crippen LogP contribution in [0.2, 0.25) is 0 Å². The van der Waals surface area contributed by atoms with Gasteiger partial charge in [0.15, 0.2) is 5.78 Å². The van der Waals surface area contributed by atoms with Crippen LogP contribution < -0.4 is 10.6 Å². The predicted octanol–water partition coefficient (Wildman–Crippen LogP) is 1.28. The number of nitrogen functional groups attached to an aromatic ring is 1. The predicted molar refractivity (Wildman–Crippen MR) is 77.5 cm³/mol. The van der Waals surface area contributed by atoms with Crippen molar-refractivity contribution in [3.63, 3.8) is 0 Å². The van der Waals surface area contributed by atoms with Gasteiger partial charge in [0.2, 0.25) is 0 Å². The number of aliphatic hydroxyl groups is 1. The van der Waals surface area contributed by atoms with E-state index < -0.39 is 12.1 Å². The molecule has 110 valence electrons. The van der Waals surface area contributed by atoms with E-state index in [4.69, 9.17) is 10.5 Å². The van der Waals surface area contributed by atoms with Gasteiger partial charge in [-0.2, -0.15) is 0 Å². The van der Waals surface area contributed by atoms with E-state index in [0.717, 1.165) is 0 Å². The molecular weight excluding hydrogens is 280 g/mol. The minimum Gasteiger partial charge on any atom is -0.462 e. The Labute approximate surface area is 121 Å². The van der Waals surface area contributed by atoms with Crippen molar-refractivity contribution in [1.29, 1.82) is 0 Å². The van der Waals surface area contributed by atoms with Gasteiger partial charge in [-0.3, -0.25) is 4.79 Å². The number of ketones is 1. The molecule has 1 fully saturated rings. The first-order valence-corrected chi connectivity index (χ1v) is 7.30. The molecule has 3 N–H and O–H groups in total. The Morgan fingerprint density at radius 1 is 1.55 bits per heavy atom. The summed E-state index contributed by atoms with van der Waals surface area (Å²) in [5.41, 5.74) is 6.36. The van der Waals surface area contributed by atoms with Gasteiger partial charge in [0.05, 0.1) is 23.3 Å². The molecule has 1 aromatic heterocycles. The van der Waals surface area contributed by atoms with Gasteiger partial charge in [-0.15, -0.1) is 11.3 Å². The zero-order chi connectivity index (χ0) is 14.9. The fourth-order valence-corrected chi connectivity index (χ4v) is 3.38. The van der Waals surface area contributed by atoms with E-state index >= 15 is 0 Å². The van der Waals surface area contributed by atoms with Crippen LogP contribution in [0.15, 0.2) is 0 Å². The number of β-amino-alcohol motifs (C(OH)–C–C–N with tert-alkyl or cyclic N) is 1. The van der Waals surface area contributed by atoms with Crippen molar-refractivity contribution in [2.24, 2.45) is 0 Å². The van der Waals surface area contributed by atoms with E-state index in [9.17, 15) is 14.7 Å². The molecular formula is C13H18N2O4S. The first-order valence-electron chi connectivity index (χ1n) is 6.49. The van der Waals surface area contributed by atoms with Crippen molar-refractivity contribution in [3.8, 4) is 0 Å². The molecule has 2 rings (SSSR count). The lowest BCUT2D eigenvalue weighted by atomic mass is 10.2. The molecule has 20 heavy (non-hydrogen) atoms. The number of carbonyl (C=O) groups is 2. The summed E-state index contributed by atoms with van der Waals surface area (Å²) in [4.78, 5) is 25.9. The number of thiophene rings is 1. The molecule has 1 aliphatic heterocycles. The van der Waals surface area contributed by atoms with E-state index in [1.807, 2.05) is 4.90 Å². The van der Waals surface area contributed by atoms with Gasteiger partial charge in [0, 0.05) is 20.0 Å². The van der Waals surface area contributed by atoms with Gasteiger partial charge in [0.25, 0.3) is 0 Å². The standard InChI is InChI=1S/C13H18N2O4S/c1-3-19-13(18)9-10(14)11(7(2)16)20-12(9)15-5-4-8(17)6-15/h8,17H,3-6,14H2,1-2H3. The second kappa shape index (κ2) is 5.80. The smallest absolute Gasteiger partial charge is 0.343 e. The third-order valence-electron chi connectivity index (χ3n) is 3.18. The monoisotopic (exact) mass is 298 g/mol. The van der Waals surface area contributed by atoms with Crippen molar-refractivity contribution in [2.45, 2.75) is 26.4 Å². The van der Waals surface area contributed by atoms with Gasteiger partial charge in [-0.05, 0) is 13.3 Å². The van der Waals surface area contributed by atoms with E-state index in [0.29, 0.717) is 29.4 Å². The summed E-state index contributed by atoms with van der Waals surface area (Å²) >= 11 is 1.19. The van der Waals surface area contributed by atoms with Crippen molar-refractivity contribution in [1.82, 2.24) is 0 Å². The molecule has 0 amide bonds. The van der Waals surface area contributed by atoms with Gasteiger partial charge < -0.3 is 20.5 Å². The maximum absolute atomic E-state index is 12.1. The molecule has 0 spiro atoms. The first kappa shape index (κ1) is 14.8. The van der Waals surface area contributed by atoms with Crippen LogP contribution in [-0.2, 0) is 4.74 Å². The van der Waals surface area contributed by atoms with Crippen LogP contribution in [-0.4, -0.2) is 42.7 Å². The van der Waals surface area contributed by atoms with E-state index in [1.54, 1.807) is 6.92 Å². The van der Waals surface area contributed by atoms with Crippen LogP contribution >= 0.6 is 11.3 Å². The lowest BCUT2D eigenvalue weighted by Crippen LogP contribution is -2.22. The Morgan fingerprint density at radius 2 is 2.25 bits per heavy atom. The number of hydrogen-bond donors (Lipinski definition) is 2. The second-order valence-electron chi connectivity index (χ2n) is 4.69. The maximum atomic E-state index is 12.1. The van der Waals surface area contributed by atoms with Crippen LogP contribution in [0.3, 0.4) is 0 Å². The molecule has 1 aromatic rings. The Hall–Kier alpha value is -1.60. The average Bonchev–Trinajstić information content (AvgIpc) is 2.93. The number of nitrogens with zero attached hydrogens (tertiary/aromatic N) is 1. The highest BCUT2D eigenvalue weighted by Gasteiger charge is 2.31. The van der Waals surface area contributed by atoms with Crippen molar-refractivity contribution in [2.75, 3.05) is 30.3 Å². The minimum absolute atomic E-state index is 0.177. The topological polar surface area (TPSA) is 92.9 Å². The van der Waals surface area contributed by atoms with E-state index in [-0.39, 0.29) is 23.6 Å². The summed E-state index contributed by atoms with van der Waals surface area (Å²) in [6.07, 6.45) is 0.212. The summed E-state index contributed by atoms with van der Waals surface area (Å²) < 4.78 is 5.02. The third-order valence-corrected chi connectivity index (χ3v) is 4.54. The molecule has 1 atom stereocenters. The van der Waals surface area contributed by atoms with Crippen molar-refractivity contribution in [3.05, 3.63) is 10.4 Å². The zero-order valence-electron chi connectivity index (χ0n) is 11.5. The molecule has 7 heteroatoms. The van der Waals surface area contributed by atoms with Crippen LogP contribution in [0.1, 0.15) is 40.3 Å². The highest BCUT2D eigenvalue weighted by Crippen LogP contribution is 2.40. The molecule has 1 aliphatic rings. The Bertz CT molecular complexity index is 541. The Kier molecular flexibility index (Phi) is 4.29. The zero-order valence-corrected chi connectivity index (χ0v) is 12.3. The first-order chi connectivity index (χ1) is 9.45. The number of hydrogen-bond acceptors (Lipinski definition) is 7. The molecule has 0 aromatic carbocycles. The summed E-state index contributed by atoms with van der Waals surface area (Å²) in [5.74, 6) is -0.700. The Balaban J connectivity index is 2.45. The number of ether oxygens (including phenoxy) is 1. The van der Waals surface area contributed by atoms with E-state index in [1.165, 1.54) is 18.3 Å². The quantitative estimate of drug-likeness (QED) is 0.642. The van der Waals surface area contributed by atoms with Gasteiger partial charge >= 0.3 is 5.97 Å². The SMILES string of the molecule is CCOC(=O)c1c(N2CCC(O)C2)sc(C(C)=O)c1N. The number of nitrogens with two attached hydrogens (primary N) is 1. The summed E-state index contributed by atoms with van der Waals surface area (Å²) in [6, 6.07) is 0. The van der Waals surface area contributed by atoms with Crippen LogP contribution in [0.4, 0.5) is 10.7 Å². The minimum atomic E-state index is -0.523. The molecule has 0 bridgehead atoms. The van der Waals surface area contributed by atoms with Gasteiger partial charge in [-0.1, -0.05) is 0 Å². The highest BCUT2D eigenvalue weighted by molar-refractivity contribution is 7.19. The van der Waals surface area contributed by atoms with Crippen LogP contribution in [0.25, 0.3) is 0 Å². The van der Waals surface area contributed by atoms with Crippen LogP contribution in [0.5, 0.6) is 0 Å². The maximum Gasteiger partial charge on any atom is 0.343 e. The molecule has 1 saturated heterocycles. The summed E-state index contributed by atoms with van der Waals surface area (Å²) in [5, 5.41) is 10.2. The molecule has 1 unspecified atom stereocenters. The number of carbonyl (C=O) groups excluding carboxylic acids is 2. The number of Topliss-reactive ketones (excluding diaryl/α,β-unsaturated/α-hetero) is 1. The second-order valence-corrected chi connectivity index (χ2v) is 5.69. The molecule has 0 saturated carbocycles. The van der Waals surface area contributed by atoms with Crippen LogP contribution in [0, 0.1) is 0 Å². The largest absolute Gasteiger partial charge is 0.462 e. The highest BCUT2D eigenvalue weighted by atomic mass is 32.1. The van der Waals surface area contributed by atoms with Crippen molar-refractivity contribution >= 4 is 33.8 Å². The third kappa shape index (κ3) is 2.64. The molecule has 0 aliphatic carbocycles. The molecule has 6 nitrogen and oxygen atoms in total. The fraction of sp³-hybridized carbons (Fsp3) is 0.538. The molecule has 2 heterocycles. The summed E-state index contributed by atoms with van der Waals surface area (Å²) in [6.45, 7) is 4.44. The number of rotatable bonds is 4. The normalized spacial score (nSPS) is 18.4. The van der Waals surface area contributed by atoms with Gasteiger partial charge in [-0.25, -0.2) is 4.79 Å². The van der Waals surface area contributed by atoms with Gasteiger partial charge in [0.1, 0.15) is 10.6 Å². The number of esters is 1. The lowest BCUT2D eigenvalue weighted by molar-refractivity contribution is 0.0528. The van der Waals surface area contributed by atoms with Crippen molar-refractivity contribution < 1.29 is 19.4 Å². The summed E-state index contributed by atoms with van der Waals surface area (Å²) in [7, 11) is 0. The lowest BCUT2D eigenvalue weighted by Gasteiger charge is -2.17.